The van der Waals surface area contributed by atoms with Crippen LogP contribution in [0.3, 0.4) is 0 Å². The van der Waals surface area contributed by atoms with Crippen LogP contribution in [0.2, 0.25) is 0 Å². The number of nitrogens with one attached hydrogen (secondary N) is 1. The Bertz CT molecular complexity index is 470. The fraction of sp³-hybridized carbons (Fsp3) is 0.786. The number of aryl methyl sites for hydroxylation is 1. The molecule has 1 N–H and O–H groups in total. The molecule has 4 atom stereocenters. The Balaban J connectivity index is 1.53. The van der Waals surface area contributed by atoms with Gasteiger partial charge in [0, 0.05) is 13.5 Å². The van der Waals surface area contributed by atoms with Crippen LogP contribution in [0.1, 0.15) is 50.9 Å². The van der Waals surface area contributed by atoms with Crippen LogP contribution in [-0.4, -0.2) is 20.7 Å². The SMILES string of the molecule is C[C@@H](NC(=O)C[C@@H]1C[C@H]2CC[C@H]1C2)c1nncn1C. The first-order valence-corrected chi connectivity index (χ1v) is 7.26. The maximum Gasteiger partial charge on any atom is 0.220 e. The van der Waals surface area contributed by atoms with E-state index in [9.17, 15) is 4.79 Å². The second-order valence-electron chi connectivity index (χ2n) is 6.23. The summed E-state index contributed by atoms with van der Waals surface area (Å²) in [6.45, 7) is 1.96. The lowest BCUT2D eigenvalue weighted by Crippen LogP contribution is -2.30. The highest BCUT2D eigenvalue weighted by atomic mass is 16.1. The van der Waals surface area contributed by atoms with Gasteiger partial charge in [-0.3, -0.25) is 4.79 Å². The quantitative estimate of drug-likeness (QED) is 0.900. The molecule has 5 nitrogen and oxygen atoms in total. The molecule has 0 spiro atoms. The Hall–Kier alpha value is -1.39. The van der Waals surface area contributed by atoms with Crippen LogP contribution in [0, 0.1) is 17.8 Å². The highest BCUT2D eigenvalue weighted by Gasteiger charge is 2.40. The van der Waals surface area contributed by atoms with Crippen molar-refractivity contribution in [2.24, 2.45) is 24.8 Å². The van der Waals surface area contributed by atoms with Gasteiger partial charge in [-0.1, -0.05) is 6.42 Å². The minimum atomic E-state index is -0.0707. The average Bonchev–Trinajstić information content (AvgIpc) is 3.04. The zero-order valence-electron chi connectivity index (χ0n) is 11.7. The Labute approximate surface area is 113 Å². The molecule has 2 bridgehead atoms. The zero-order valence-corrected chi connectivity index (χ0v) is 11.7. The first kappa shape index (κ1) is 12.6. The van der Waals surface area contributed by atoms with Gasteiger partial charge in [-0.15, -0.1) is 10.2 Å². The Kier molecular flexibility index (Phi) is 3.29. The molecule has 104 valence electrons. The number of aromatic nitrogens is 3. The highest BCUT2D eigenvalue weighted by Crippen LogP contribution is 2.49. The summed E-state index contributed by atoms with van der Waals surface area (Å²) in [6, 6.07) is -0.0707. The third-order valence-corrected chi connectivity index (χ3v) is 4.84. The molecule has 2 fully saturated rings. The largest absolute Gasteiger partial charge is 0.346 e. The smallest absolute Gasteiger partial charge is 0.220 e. The Morgan fingerprint density at radius 3 is 2.95 bits per heavy atom. The van der Waals surface area contributed by atoms with E-state index in [0.29, 0.717) is 12.3 Å². The van der Waals surface area contributed by atoms with Crippen LogP contribution in [0.5, 0.6) is 0 Å². The number of rotatable bonds is 4. The summed E-state index contributed by atoms with van der Waals surface area (Å²) >= 11 is 0. The van der Waals surface area contributed by atoms with Gasteiger partial charge in [-0.05, 0) is 43.9 Å². The first-order chi connectivity index (χ1) is 9.13. The molecule has 1 amide bonds. The van der Waals surface area contributed by atoms with Crippen LogP contribution < -0.4 is 5.32 Å². The normalized spacial score (nSPS) is 30.5. The van der Waals surface area contributed by atoms with Crippen molar-refractivity contribution in [3.05, 3.63) is 12.2 Å². The molecule has 0 aromatic carbocycles. The second-order valence-corrected chi connectivity index (χ2v) is 6.23. The van der Waals surface area contributed by atoms with Crippen LogP contribution in [-0.2, 0) is 11.8 Å². The summed E-state index contributed by atoms with van der Waals surface area (Å²) in [6.07, 6.45) is 7.68. The molecule has 2 aliphatic rings. The van der Waals surface area contributed by atoms with E-state index in [1.165, 1.54) is 25.7 Å². The van der Waals surface area contributed by atoms with Gasteiger partial charge in [0.25, 0.3) is 0 Å². The lowest BCUT2D eigenvalue weighted by atomic mass is 9.86. The van der Waals surface area contributed by atoms with Crippen molar-refractivity contribution in [1.82, 2.24) is 20.1 Å². The standard InChI is InChI=1S/C14H22N4O/c1-9(14-17-15-8-18(14)2)16-13(19)7-12-6-10-3-4-11(12)5-10/h8-12H,3-7H2,1-2H3,(H,16,19)/t9-,10+,11+,12+/m1/s1. The van der Waals surface area contributed by atoms with Gasteiger partial charge in [0.05, 0.1) is 6.04 Å². The molecule has 1 heterocycles. The van der Waals surface area contributed by atoms with Gasteiger partial charge >= 0.3 is 0 Å². The van der Waals surface area contributed by atoms with E-state index in [1.54, 1.807) is 6.33 Å². The summed E-state index contributed by atoms with van der Waals surface area (Å²) in [4.78, 5) is 12.1. The predicted molar refractivity (Wildman–Crippen MR) is 71.1 cm³/mol. The van der Waals surface area contributed by atoms with Crippen LogP contribution in [0.25, 0.3) is 0 Å². The van der Waals surface area contributed by atoms with E-state index in [0.717, 1.165) is 17.7 Å². The number of nitrogens with zero attached hydrogens (tertiary/aromatic N) is 3. The summed E-state index contributed by atoms with van der Waals surface area (Å²) in [5.74, 6) is 3.29. The van der Waals surface area contributed by atoms with Crippen LogP contribution in [0.15, 0.2) is 6.33 Å². The van der Waals surface area contributed by atoms with Crippen molar-refractivity contribution in [3.8, 4) is 0 Å². The van der Waals surface area contributed by atoms with E-state index >= 15 is 0 Å². The zero-order chi connectivity index (χ0) is 13.4. The fourth-order valence-corrected chi connectivity index (χ4v) is 3.91. The molecule has 0 radical (unpaired) electrons. The summed E-state index contributed by atoms with van der Waals surface area (Å²) in [7, 11) is 1.90. The molecule has 19 heavy (non-hydrogen) atoms. The molecule has 2 aliphatic carbocycles. The Morgan fingerprint density at radius 2 is 2.37 bits per heavy atom. The molecule has 3 rings (SSSR count). The van der Waals surface area contributed by atoms with Crippen molar-refractivity contribution >= 4 is 5.91 Å². The summed E-state index contributed by atoms with van der Waals surface area (Å²) < 4.78 is 1.85. The number of fused-ring (bicyclic) bond motifs is 2. The monoisotopic (exact) mass is 262 g/mol. The third kappa shape index (κ3) is 2.51. The molecule has 1 aromatic heterocycles. The topological polar surface area (TPSA) is 59.8 Å². The predicted octanol–water partition coefficient (Wildman–Crippen LogP) is 1.82. The number of carbonyl (C=O) groups excluding carboxylic acids is 1. The molecule has 5 heteroatoms. The van der Waals surface area contributed by atoms with E-state index < -0.39 is 0 Å². The number of amides is 1. The van der Waals surface area contributed by atoms with E-state index in [4.69, 9.17) is 0 Å². The average molecular weight is 262 g/mol. The lowest BCUT2D eigenvalue weighted by Gasteiger charge is -2.22. The molecule has 2 saturated carbocycles. The van der Waals surface area contributed by atoms with Gasteiger partial charge in [-0.2, -0.15) is 0 Å². The van der Waals surface area contributed by atoms with Crippen molar-refractivity contribution in [3.63, 3.8) is 0 Å². The van der Waals surface area contributed by atoms with Gasteiger partial charge in [-0.25, -0.2) is 0 Å². The molecule has 0 saturated heterocycles. The molecule has 0 aliphatic heterocycles. The van der Waals surface area contributed by atoms with Gasteiger partial charge in [0.1, 0.15) is 6.33 Å². The van der Waals surface area contributed by atoms with E-state index in [1.807, 2.05) is 18.5 Å². The molecular weight excluding hydrogens is 240 g/mol. The number of carbonyl (C=O) groups is 1. The minimum Gasteiger partial charge on any atom is -0.346 e. The number of hydrogen-bond acceptors (Lipinski definition) is 3. The lowest BCUT2D eigenvalue weighted by molar-refractivity contribution is -0.123. The Morgan fingerprint density at radius 1 is 1.53 bits per heavy atom. The van der Waals surface area contributed by atoms with Crippen LogP contribution >= 0.6 is 0 Å². The molecule has 0 unspecified atom stereocenters. The van der Waals surface area contributed by atoms with Crippen LogP contribution in [0.4, 0.5) is 0 Å². The third-order valence-electron chi connectivity index (χ3n) is 4.84. The van der Waals surface area contributed by atoms with Gasteiger partial charge in [0.2, 0.25) is 5.91 Å². The van der Waals surface area contributed by atoms with Gasteiger partial charge < -0.3 is 9.88 Å². The molecular formula is C14H22N4O. The first-order valence-electron chi connectivity index (χ1n) is 7.26. The maximum atomic E-state index is 12.1. The van der Waals surface area contributed by atoms with Crippen molar-refractivity contribution in [1.29, 1.82) is 0 Å². The fourth-order valence-electron chi connectivity index (χ4n) is 3.91. The van der Waals surface area contributed by atoms with E-state index in [2.05, 4.69) is 15.5 Å². The van der Waals surface area contributed by atoms with Gasteiger partial charge in [0.15, 0.2) is 5.82 Å². The highest BCUT2D eigenvalue weighted by molar-refractivity contribution is 5.76. The van der Waals surface area contributed by atoms with E-state index in [-0.39, 0.29) is 11.9 Å². The van der Waals surface area contributed by atoms with Crippen molar-refractivity contribution < 1.29 is 4.79 Å². The maximum absolute atomic E-state index is 12.1. The number of hydrogen-bond donors (Lipinski definition) is 1. The summed E-state index contributed by atoms with van der Waals surface area (Å²) in [5, 5.41) is 10.9. The van der Waals surface area contributed by atoms with Crippen molar-refractivity contribution in [2.45, 2.75) is 45.1 Å². The minimum absolute atomic E-state index is 0.0707. The summed E-state index contributed by atoms with van der Waals surface area (Å²) in [5.41, 5.74) is 0. The second kappa shape index (κ2) is 4.94. The van der Waals surface area contributed by atoms with Crippen molar-refractivity contribution in [2.75, 3.05) is 0 Å². The molecule has 1 aromatic rings.